The summed E-state index contributed by atoms with van der Waals surface area (Å²) in [6.45, 7) is 1.83. The molecule has 5 heteroatoms. The summed E-state index contributed by atoms with van der Waals surface area (Å²) in [5.41, 5.74) is 2.97. The van der Waals surface area contributed by atoms with Crippen LogP contribution in [0.15, 0.2) is 53.0 Å². The summed E-state index contributed by atoms with van der Waals surface area (Å²) in [5.74, 6) is 0. The molecule has 2 amide bonds. The molecule has 2 aliphatic heterocycles. The van der Waals surface area contributed by atoms with Gasteiger partial charge in [-0.2, -0.15) is 0 Å². The topological polar surface area (TPSA) is 35.6 Å². The van der Waals surface area contributed by atoms with Gasteiger partial charge in [-0.15, -0.1) is 0 Å². The maximum atomic E-state index is 12.8. The van der Waals surface area contributed by atoms with Crippen LogP contribution in [0.25, 0.3) is 0 Å². The van der Waals surface area contributed by atoms with Crippen LogP contribution in [-0.4, -0.2) is 25.2 Å². The van der Waals surface area contributed by atoms with Crippen LogP contribution in [0.1, 0.15) is 12.8 Å². The molecule has 1 fully saturated rings. The maximum Gasteiger partial charge on any atom is 0.326 e. The average Bonchev–Trinajstić information content (AvgIpc) is 3.03. The highest BCUT2D eigenvalue weighted by Gasteiger charge is 2.36. The summed E-state index contributed by atoms with van der Waals surface area (Å²) >= 11 is 3.44. The molecule has 23 heavy (non-hydrogen) atoms. The second-order valence-corrected chi connectivity index (χ2v) is 6.94. The summed E-state index contributed by atoms with van der Waals surface area (Å²) in [6.07, 6.45) is 2.34. The number of carbonyl (C=O) groups is 1. The van der Waals surface area contributed by atoms with E-state index in [1.807, 2.05) is 47.4 Å². The lowest BCUT2D eigenvalue weighted by molar-refractivity contribution is 0.256. The van der Waals surface area contributed by atoms with E-state index < -0.39 is 0 Å². The van der Waals surface area contributed by atoms with E-state index in [0.717, 1.165) is 35.4 Å². The number of carbonyl (C=O) groups excluding carboxylic acids is 1. The van der Waals surface area contributed by atoms with E-state index in [2.05, 4.69) is 32.2 Å². The van der Waals surface area contributed by atoms with E-state index in [1.54, 1.807) is 0 Å². The van der Waals surface area contributed by atoms with Crippen molar-refractivity contribution in [1.29, 1.82) is 0 Å². The Morgan fingerprint density at radius 3 is 2.78 bits per heavy atom. The first kappa shape index (κ1) is 14.6. The van der Waals surface area contributed by atoms with Crippen molar-refractivity contribution in [3.8, 4) is 0 Å². The van der Waals surface area contributed by atoms with Gasteiger partial charge in [0.15, 0.2) is 0 Å². The molecule has 1 N–H and O–H groups in total. The van der Waals surface area contributed by atoms with Gasteiger partial charge in [0.05, 0.1) is 11.4 Å². The fourth-order valence-electron chi connectivity index (χ4n) is 3.54. The van der Waals surface area contributed by atoms with Gasteiger partial charge in [-0.05, 0) is 43.2 Å². The molecule has 118 valence electrons. The molecule has 1 saturated heterocycles. The third-order valence-electron chi connectivity index (χ3n) is 4.57. The van der Waals surface area contributed by atoms with Gasteiger partial charge in [-0.25, -0.2) is 4.79 Å². The molecule has 1 unspecified atom stereocenters. The predicted octanol–water partition coefficient (Wildman–Crippen LogP) is 4.47. The van der Waals surface area contributed by atoms with Crippen molar-refractivity contribution in [1.82, 2.24) is 0 Å². The predicted molar refractivity (Wildman–Crippen MR) is 97.3 cm³/mol. The molecular weight excluding hydrogens is 354 g/mol. The number of halogens is 1. The van der Waals surface area contributed by atoms with Crippen molar-refractivity contribution in [2.24, 2.45) is 0 Å². The quantitative estimate of drug-likeness (QED) is 0.802. The minimum Gasteiger partial charge on any atom is -0.365 e. The van der Waals surface area contributed by atoms with Gasteiger partial charge in [0, 0.05) is 29.3 Å². The van der Waals surface area contributed by atoms with Crippen LogP contribution in [0.4, 0.5) is 21.9 Å². The van der Waals surface area contributed by atoms with Gasteiger partial charge in [-0.3, -0.25) is 4.90 Å². The van der Waals surface area contributed by atoms with Crippen molar-refractivity contribution >= 4 is 39.0 Å². The van der Waals surface area contributed by atoms with E-state index in [1.165, 1.54) is 12.1 Å². The summed E-state index contributed by atoms with van der Waals surface area (Å²) in [7, 11) is 0. The molecule has 4 rings (SSSR count). The number of fused-ring (bicyclic) bond motifs is 3. The van der Waals surface area contributed by atoms with E-state index in [4.69, 9.17) is 0 Å². The maximum absolute atomic E-state index is 12.8. The lowest BCUT2D eigenvalue weighted by Gasteiger charge is -2.40. The van der Waals surface area contributed by atoms with Gasteiger partial charge in [0.2, 0.25) is 0 Å². The zero-order valence-electron chi connectivity index (χ0n) is 12.7. The average molecular weight is 372 g/mol. The Kier molecular flexibility index (Phi) is 3.73. The van der Waals surface area contributed by atoms with Crippen LogP contribution in [0.5, 0.6) is 0 Å². The Morgan fingerprint density at radius 2 is 1.96 bits per heavy atom. The highest BCUT2D eigenvalue weighted by Crippen LogP contribution is 2.39. The Morgan fingerprint density at radius 1 is 1.13 bits per heavy atom. The van der Waals surface area contributed by atoms with Crippen molar-refractivity contribution in [3.63, 3.8) is 0 Å². The number of rotatable bonds is 1. The summed E-state index contributed by atoms with van der Waals surface area (Å²) in [4.78, 5) is 17.1. The zero-order valence-corrected chi connectivity index (χ0v) is 14.3. The molecular formula is C18H18BrN3O. The highest BCUT2D eigenvalue weighted by atomic mass is 79.9. The molecule has 0 aliphatic carbocycles. The first-order valence-electron chi connectivity index (χ1n) is 7.92. The molecule has 2 aromatic carbocycles. The van der Waals surface area contributed by atoms with Crippen molar-refractivity contribution in [3.05, 3.63) is 53.0 Å². The third-order valence-corrected chi connectivity index (χ3v) is 5.07. The zero-order chi connectivity index (χ0) is 15.8. The normalized spacial score (nSPS) is 19.3. The number of amides is 2. The Labute approximate surface area is 144 Å². The second kappa shape index (κ2) is 5.89. The molecule has 4 nitrogen and oxygen atoms in total. The Balaban J connectivity index is 1.63. The minimum absolute atomic E-state index is 0.0675. The Hall–Kier alpha value is -2.01. The lowest BCUT2D eigenvalue weighted by Crippen LogP contribution is -2.49. The van der Waals surface area contributed by atoms with E-state index in [9.17, 15) is 4.79 Å². The molecule has 2 aromatic rings. The molecule has 2 aliphatic rings. The number of benzene rings is 2. The monoisotopic (exact) mass is 371 g/mol. The largest absolute Gasteiger partial charge is 0.365 e. The van der Waals surface area contributed by atoms with E-state index >= 15 is 0 Å². The van der Waals surface area contributed by atoms with Crippen LogP contribution >= 0.6 is 15.9 Å². The molecule has 0 bridgehead atoms. The summed E-state index contributed by atoms with van der Waals surface area (Å²) in [6, 6.07) is 16.2. The summed E-state index contributed by atoms with van der Waals surface area (Å²) in [5, 5.41) is 3.01. The second-order valence-electron chi connectivity index (χ2n) is 6.03. The van der Waals surface area contributed by atoms with Gasteiger partial charge < -0.3 is 10.2 Å². The number of nitrogens with zero attached hydrogens (tertiary/aromatic N) is 2. The SMILES string of the molecule is O=C(Nc1cccc(Br)c1)N1CC2CCCN2c2ccccc21. The van der Waals surface area contributed by atoms with Crippen LogP contribution in [-0.2, 0) is 0 Å². The highest BCUT2D eigenvalue weighted by molar-refractivity contribution is 9.10. The van der Waals surface area contributed by atoms with Gasteiger partial charge in [0.25, 0.3) is 0 Å². The number of anilines is 3. The first-order valence-corrected chi connectivity index (χ1v) is 8.71. The van der Waals surface area contributed by atoms with Crippen LogP contribution in [0.2, 0.25) is 0 Å². The Bertz CT molecular complexity index is 749. The molecule has 0 spiro atoms. The molecule has 0 radical (unpaired) electrons. The standard InChI is InChI=1S/C18H18BrN3O/c19-13-5-3-6-14(11-13)20-18(23)22-12-15-7-4-10-21(15)16-8-1-2-9-17(16)22/h1-3,5-6,8-9,11,15H,4,7,10,12H2,(H,20,23). The first-order chi connectivity index (χ1) is 11.2. The van der Waals surface area contributed by atoms with Gasteiger partial charge in [0.1, 0.15) is 0 Å². The van der Waals surface area contributed by atoms with Crippen molar-refractivity contribution < 1.29 is 4.79 Å². The van der Waals surface area contributed by atoms with Crippen LogP contribution in [0.3, 0.4) is 0 Å². The van der Waals surface area contributed by atoms with Crippen molar-refractivity contribution in [2.45, 2.75) is 18.9 Å². The van der Waals surface area contributed by atoms with Gasteiger partial charge in [-0.1, -0.05) is 34.1 Å². The number of nitrogens with one attached hydrogen (secondary N) is 1. The van der Waals surface area contributed by atoms with Crippen molar-refractivity contribution in [2.75, 3.05) is 28.2 Å². The van der Waals surface area contributed by atoms with E-state index in [0.29, 0.717) is 6.04 Å². The number of urea groups is 1. The molecule has 2 heterocycles. The fourth-order valence-corrected chi connectivity index (χ4v) is 3.94. The lowest BCUT2D eigenvalue weighted by atomic mass is 10.1. The smallest absolute Gasteiger partial charge is 0.326 e. The number of para-hydroxylation sites is 2. The minimum atomic E-state index is -0.0675. The van der Waals surface area contributed by atoms with Gasteiger partial charge >= 0.3 is 6.03 Å². The number of hydrogen-bond donors (Lipinski definition) is 1. The third kappa shape index (κ3) is 2.70. The van der Waals surface area contributed by atoms with Crippen LogP contribution in [0, 0.1) is 0 Å². The summed E-state index contributed by atoms with van der Waals surface area (Å²) < 4.78 is 0.955. The number of hydrogen-bond acceptors (Lipinski definition) is 2. The molecule has 0 saturated carbocycles. The molecule has 1 atom stereocenters. The molecule has 0 aromatic heterocycles. The fraction of sp³-hybridized carbons (Fsp3) is 0.278. The van der Waals surface area contributed by atoms with E-state index in [-0.39, 0.29) is 6.03 Å². The van der Waals surface area contributed by atoms with Crippen LogP contribution < -0.4 is 15.1 Å².